The summed E-state index contributed by atoms with van der Waals surface area (Å²) in [4.78, 5) is 4.54. The molecular formula is C22H24N2O3. The molecule has 1 unspecified atom stereocenters. The van der Waals surface area contributed by atoms with Crippen LogP contribution in [0.5, 0.6) is 0 Å². The largest absolute Gasteiger partial charge is 0.464 e. The van der Waals surface area contributed by atoms with E-state index in [2.05, 4.69) is 35.0 Å². The van der Waals surface area contributed by atoms with Gasteiger partial charge in [-0.05, 0) is 54.1 Å². The minimum atomic E-state index is -1.03. The molecule has 0 amide bonds. The van der Waals surface area contributed by atoms with Gasteiger partial charge in [0.05, 0.1) is 19.5 Å². The van der Waals surface area contributed by atoms with Crippen molar-refractivity contribution in [3.8, 4) is 0 Å². The Bertz CT molecular complexity index is 977. The molecule has 5 nitrogen and oxygen atoms in total. The fourth-order valence-corrected chi connectivity index (χ4v) is 4.43. The number of β-amino-alcohol motifs (C(OH)–C–C–N with tert-alkyl or cyclic N) is 1. The third-order valence-corrected chi connectivity index (χ3v) is 5.78. The molecule has 27 heavy (non-hydrogen) atoms. The maximum absolute atomic E-state index is 11.8. The molecule has 2 aromatic carbocycles. The Labute approximate surface area is 158 Å². The van der Waals surface area contributed by atoms with Gasteiger partial charge in [0.15, 0.2) is 0 Å². The van der Waals surface area contributed by atoms with Crippen LogP contribution in [0.1, 0.15) is 16.7 Å². The van der Waals surface area contributed by atoms with Gasteiger partial charge in [-0.2, -0.15) is 0 Å². The highest BCUT2D eigenvalue weighted by Crippen LogP contribution is 2.39. The van der Waals surface area contributed by atoms with Crippen molar-refractivity contribution >= 4 is 16.7 Å². The number of hydrogen-bond acceptors (Lipinski definition) is 5. The zero-order valence-corrected chi connectivity index (χ0v) is 15.5. The van der Waals surface area contributed by atoms with Gasteiger partial charge in [0.25, 0.3) is 0 Å². The Kier molecular flexibility index (Phi) is 3.97. The van der Waals surface area contributed by atoms with Crippen LogP contribution in [0.25, 0.3) is 11.0 Å². The van der Waals surface area contributed by atoms with Gasteiger partial charge in [-0.1, -0.05) is 12.1 Å². The molecule has 0 bridgehead atoms. The summed E-state index contributed by atoms with van der Waals surface area (Å²) in [6.45, 7) is 4.77. The molecule has 5 rings (SSSR count). The summed E-state index contributed by atoms with van der Waals surface area (Å²) >= 11 is 0. The number of likely N-dealkylation sites (N-methyl/N-ethyl adjacent to an activating group) is 1. The second kappa shape index (κ2) is 6.37. The van der Waals surface area contributed by atoms with Crippen LogP contribution < -0.4 is 4.90 Å². The van der Waals surface area contributed by atoms with Crippen molar-refractivity contribution in [3.63, 3.8) is 0 Å². The van der Waals surface area contributed by atoms with E-state index < -0.39 is 5.60 Å². The minimum absolute atomic E-state index is 0.570. The molecule has 1 fully saturated rings. The number of nitrogens with zero attached hydrogens (tertiary/aromatic N) is 2. The van der Waals surface area contributed by atoms with Gasteiger partial charge in [0.1, 0.15) is 11.2 Å². The summed E-state index contributed by atoms with van der Waals surface area (Å²) in [6.07, 6.45) is 1.69. The van der Waals surface area contributed by atoms with Crippen LogP contribution in [-0.2, 0) is 16.9 Å². The highest BCUT2D eigenvalue weighted by Gasteiger charge is 2.38. The lowest BCUT2D eigenvalue weighted by atomic mass is 9.80. The van der Waals surface area contributed by atoms with Gasteiger partial charge in [-0.15, -0.1) is 0 Å². The van der Waals surface area contributed by atoms with Crippen LogP contribution >= 0.6 is 0 Å². The molecule has 1 aromatic heterocycles. The number of ether oxygens (including phenoxy) is 1. The molecular weight excluding hydrogens is 340 g/mol. The van der Waals surface area contributed by atoms with Crippen LogP contribution in [0.4, 0.5) is 5.69 Å². The average molecular weight is 364 g/mol. The molecule has 0 aliphatic carbocycles. The number of furan rings is 1. The van der Waals surface area contributed by atoms with E-state index in [1.54, 1.807) is 6.26 Å². The number of fused-ring (bicyclic) bond motifs is 2. The van der Waals surface area contributed by atoms with E-state index in [1.807, 2.05) is 24.3 Å². The average Bonchev–Trinajstić information content (AvgIpc) is 3.16. The number of rotatable bonds is 2. The zero-order chi connectivity index (χ0) is 18.4. The Balaban J connectivity index is 1.58. The SMILES string of the molecule is CN1Cc2cc(N3CCOCC3)ccc2C(O)(c2ccc3occc3c2)C1. The van der Waals surface area contributed by atoms with Crippen LogP contribution in [0.2, 0.25) is 0 Å². The first-order valence-electron chi connectivity index (χ1n) is 9.48. The van der Waals surface area contributed by atoms with E-state index in [1.165, 1.54) is 11.3 Å². The first-order chi connectivity index (χ1) is 13.1. The Hall–Kier alpha value is -2.34. The molecule has 3 heterocycles. The van der Waals surface area contributed by atoms with Crippen LogP contribution in [0, 0.1) is 0 Å². The lowest BCUT2D eigenvalue weighted by Gasteiger charge is -2.40. The molecule has 3 aromatic rings. The van der Waals surface area contributed by atoms with E-state index in [9.17, 15) is 5.11 Å². The predicted molar refractivity (Wildman–Crippen MR) is 105 cm³/mol. The fourth-order valence-electron chi connectivity index (χ4n) is 4.43. The van der Waals surface area contributed by atoms with Crippen molar-refractivity contribution in [2.75, 3.05) is 44.8 Å². The molecule has 1 N–H and O–H groups in total. The number of aliphatic hydroxyl groups is 1. The first-order valence-corrected chi connectivity index (χ1v) is 9.48. The van der Waals surface area contributed by atoms with Crippen LogP contribution in [-0.4, -0.2) is 49.9 Å². The molecule has 1 atom stereocenters. The van der Waals surface area contributed by atoms with E-state index in [-0.39, 0.29) is 0 Å². The van der Waals surface area contributed by atoms with Gasteiger partial charge in [0.2, 0.25) is 0 Å². The Morgan fingerprint density at radius 1 is 1.04 bits per heavy atom. The fraction of sp³-hybridized carbons (Fsp3) is 0.364. The molecule has 1 saturated heterocycles. The third-order valence-electron chi connectivity index (χ3n) is 5.78. The summed E-state index contributed by atoms with van der Waals surface area (Å²) in [6, 6.07) is 14.4. The van der Waals surface area contributed by atoms with Crippen molar-refractivity contribution in [1.82, 2.24) is 4.90 Å². The second-order valence-electron chi connectivity index (χ2n) is 7.65. The van der Waals surface area contributed by atoms with Crippen LogP contribution in [0.15, 0.2) is 53.1 Å². The molecule has 0 saturated carbocycles. The molecule has 5 heteroatoms. The Morgan fingerprint density at radius 3 is 2.74 bits per heavy atom. The van der Waals surface area contributed by atoms with Gasteiger partial charge >= 0.3 is 0 Å². The number of benzene rings is 2. The smallest absolute Gasteiger partial charge is 0.133 e. The van der Waals surface area contributed by atoms with Crippen molar-refractivity contribution in [2.24, 2.45) is 0 Å². The number of anilines is 1. The second-order valence-corrected chi connectivity index (χ2v) is 7.65. The van der Waals surface area contributed by atoms with E-state index in [0.717, 1.165) is 54.9 Å². The lowest BCUT2D eigenvalue weighted by Crippen LogP contribution is -2.45. The van der Waals surface area contributed by atoms with Gasteiger partial charge in [-0.3, -0.25) is 4.90 Å². The molecule has 2 aliphatic heterocycles. The monoisotopic (exact) mass is 364 g/mol. The quantitative estimate of drug-likeness (QED) is 0.758. The predicted octanol–water partition coefficient (Wildman–Crippen LogP) is 2.95. The summed E-state index contributed by atoms with van der Waals surface area (Å²) in [5.74, 6) is 0. The minimum Gasteiger partial charge on any atom is -0.464 e. The topological polar surface area (TPSA) is 49.1 Å². The van der Waals surface area contributed by atoms with Crippen molar-refractivity contribution in [2.45, 2.75) is 12.1 Å². The van der Waals surface area contributed by atoms with Gasteiger partial charge in [0, 0.05) is 37.3 Å². The summed E-state index contributed by atoms with van der Waals surface area (Å²) in [5.41, 5.74) is 4.11. The number of hydrogen-bond donors (Lipinski definition) is 1. The van der Waals surface area contributed by atoms with Gasteiger partial charge in [-0.25, -0.2) is 0 Å². The third kappa shape index (κ3) is 2.83. The summed E-state index contributed by atoms with van der Waals surface area (Å²) in [7, 11) is 2.06. The van der Waals surface area contributed by atoms with Crippen molar-refractivity contribution in [3.05, 3.63) is 65.4 Å². The van der Waals surface area contributed by atoms with Gasteiger partial charge < -0.3 is 19.2 Å². The maximum atomic E-state index is 11.8. The first kappa shape index (κ1) is 16.8. The molecule has 140 valence electrons. The molecule has 2 aliphatic rings. The highest BCUT2D eigenvalue weighted by atomic mass is 16.5. The van der Waals surface area contributed by atoms with E-state index in [4.69, 9.17) is 9.15 Å². The van der Waals surface area contributed by atoms with Crippen LogP contribution in [0.3, 0.4) is 0 Å². The van der Waals surface area contributed by atoms with E-state index in [0.29, 0.717) is 6.54 Å². The zero-order valence-electron chi connectivity index (χ0n) is 15.5. The lowest BCUT2D eigenvalue weighted by molar-refractivity contribution is 0.0284. The maximum Gasteiger partial charge on any atom is 0.133 e. The Morgan fingerprint density at radius 2 is 1.89 bits per heavy atom. The summed E-state index contributed by atoms with van der Waals surface area (Å²) in [5, 5.41) is 12.8. The highest BCUT2D eigenvalue weighted by molar-refractivity contribution is 5.78. The van der Waals surface area contributed by atoms with Crippen molar-refractivity contribution < 1.29 is 14.3 Å². The molecule has 0 radical (unpaired) electrons. The van der Waals surface area contributed by atoms with E-state index >= 15 is 0 Å². The normalized spacial score (nSPS) is 23.6. The standard InChI is InChI=1S/C22H24N2O3/c1-23-14-17-13-19(24-7-10-26-11-8-24)3-4-20(17)22(25,15-23)18-2-5-21-16(12-18)6-9-27-21/h2-6,9,12-13,25H,7-8,10-11,14-15H2,1H3. The summed E-state index contributed by atoms with van der Waals surface area (Å²) < 4.78 is 10.9. The molecule has 0 spiro atoms. The van der Waals surface area contributed by atoms with Crippen molar-refractivity contribution in [1.29, 1.82) is 0 Å². The number of morpholine rings is 1.